The van der Waals surface area contributed by atoms with E-state index in [4.69, 9.17) is 11.1 Å². The monoisotopic (exact) mass is 267 g/mol. The number of hydrogen-bond acceptors (Lipinski definition) is 3. The molecule has 2 atom stereocenters. The van der Waals surface area contributed by atoms with Gasteiger partial charge in [0.25, 0.3) is 0 Å². The van der Waals surface area contributed by atoms with Gasteiger partial charge in [-0.25, -0.2) is 0 Å². The van der Waals surface area contributed by atoms with Crippen LogP contribution in [0.4, 0.5) is 0 Å². The first-order valence-electron chi connectivity index (χ1n) is 5.84. The average molecular weight is 267 g/mol. The van der Waals surface area contributed by atoms with Gasteiger partial charge in [0, 0.05) is 16.9 Å². The molecule has 0 aliphatic rings. The molecule has 0 spiro atoms. The van der Waals surface area contributed by atoms with Crippen molar-refractivity contribution in [2.45, 2.75) is 38.5 Å². The fraction of sp³-hybridized carbons (Fsp3) is 0.462. The Kier molecular flexibility index (Phi) is 4.78. The quantitative estimate of drug-likeness (QED) is 0.443. The molecule has 0 fully saturated rings. The third-order valence-electron chi connectivity index (χ3n) is 2.54. The molecule has 0 amide bonds. The SMILES string of the molecule is C[C@H](N[S+]([O-])C(C)(C)C)c1cccc(C(=N)N)c1. The predicted octanol–water partition coefficient (Wildman–Crippen LogP) is 2.08. The van der Waals surface area contributed by atoms with Gasteiger partial charge in [-0.15, -0.1) is 4.72 Å². The molecule has 0 aromatic heterocycles. The average Bonchev–Trinajstić information content (AvgIpc) is 2.27. The second-order valence-corrected chi connectivity index (χ2v) is 7.26. The molecule has 100 valence electrons. The zero-order valence-corrected chi connectivity index (χ0v) is 12.1. The van der Waals surface area contributed by atoms with E-state index in [2.05, 4.69) is 4.72 Å². The summed E-state index contributed by atoms with van der Waals surface area (Å²) in [6, 6.07) is 7.37. The first-order valence-corrected chi connectivity index (χ1v) is 6.99. The topological polar surface area (TPSA) is 85.0 Å². The summed E-state index contributed by atoms with van der Waals surface area (Å²) in [5.41, 5.74) is 7.11. The molecular weight excluding hydrogens is 246 g/mol. The molecule has 0 saturated heterocycles. The molecule has 18 heavy (non-hydrogen) atoms. The Morgan fingerprint density at radius 2 is 2.06 bits per heavy atom. The van der Waals surface area contributed by atoms with Crippen LogP contribution in [0, 0.1) is 5.41 Å². The molecule has 0 aliphatic heterocycles. The third kappa shape index (κ3) is 4.01. The van der Waals surface area contributed by atoms with E-state index in [-0.39, 0.29) is 16.6 Å². The van der Waals surface area contributed by atoms with Gasteiger partial charge in [0.2, 0.25) is 0 Å². The minimum atomic E-state index is -1.12. The number of nitrogens with one attached hydrogen (secondary N) is 2. The Morgan fingerprint density at radius 3 is 2.56 bits per heavy atom. The van der Waals surface area contributed by atoms with E-state index in [0.717, 1.165) is 5.56 Å². The van der Waals surface area contributed by atoms with Crippen molar-refractivity contribution in [2.75, 3.05) is 0 Å². The highest BCUT2D eigenvalue weighted by atomic mass is 32.2. The largest absolute Gasteiger partial charge is 0.598 e. The summed E-state index contributed by atoms with van der Waals surface area (Å²) < 4.78 is 14.8. The van der Waals surface area contributed by atoms with Crippen LogP contribution in [-0.2, 0) is 11.4 Å². The summed E-state index contributed by atoms with van der Waals surface area (Å²) in [4.78, 5) is 0. The van der Waals surface area contributed by atoms with Crippen LogP contribution >= 0.6 is 0 Å². The normalized spacial score (nSPS) is 15.2. The first kappa shape index (κ1) is 15.0. The molecule has 1 unspecified atom stereocenters. The van der Waals surface area contributed by atoms with Crippen molar-refractivity contribution in [3.05, 3.63) is 35.4 Å². The van der Waals surface area contributed by atoms with Crippen molar-refractivity contribution in [2.24, 2.45) is 5.73 Å². The van der Waals surface area contributed by atoms with Gasteiger partial charge in [0.1, 0.15) is 10.6 Å². The van der Waals surface area contributed by atoms with E-state index in [9.17, 15) is 4.55 Å². The van der Waals surface area contributed by atoms with E-state index in [0.29, 0.717) is 5.56 Å². The highest BCUT2D eigenvalue weighted by Crippen LogP contribution is 2.20. The Morgan fingerprint density at radius 1 is 1.44 bits per heavy atom. The summed E-state index contributed by atoms with van der Waals surface area (Å²) in [6.07, 6.45) is 0. The summed E-state index contributed by atoms with van der Waals surface area (Å²) in [5, 5.41) is 7.41. The van der Waals surface area contributed by atoms with Crippen molar-refractivity contribution < 1.29 is 4.55 Å². The van der Waals surface area contributed by atoms with Gasteiger partial charge in [0.15, 0.2) is 0 Å². The van der Waals surface area contributed by atoms with Crippen molar-refractivity contribution in [1.29, 1.82) is 5.41 Å². The van der Waals surface area contributed by atoms with Crippen LogP contribution in [0.25, 0.3) is 0 Å². The lowest BCUT2D eigenvalue weighted by molar-refractivity contribution is 0.531. The lowest BCUT2D eigenvalue weighted by Gasteiger charge is -2.26. The summed E-state index contributed by atoms with van der Waals surface area (Å²) in [5.74, 6) is 0.0426. The Balaban J connectivity index is 2.81. The maximum Gasteiger partial charge on any atom is 0.136 e. The summed E-state index contributed by atoms with van der Waals surface area (Å²) in [6.45, 7) is 7.72. The van der Waals surface area contributed by atoms with Crippen LogP contribution in [0.15, 0.2) is 24.3 Å². The molecule has 5 heteroatoms. The van der Waals surface area contributed by atoms with Crippen molar-refractivity contribution >= 4 is 17.2 Å². The van der Waals surface area contributed by atoms with Crippen LogP contribution in [0.3, 0.4) is 0 Å². The second kappa shape index (κ2) is 5.73. The number of rotatable bonds is 4. The van der Waals surface area contributed by atoms with Crippen molar-refractivity contribution in [3.63, 3.8) is 0 Å². The van der Waals surface area contributed by atoms with Gasteiger partial charge in [-0.1, -0.05) is 18.2 Å². The Labute approximate surface area is 112 Å². The number of nitrogen functional groups attached to an aromatic ring is 1. The van der Waals surface area contributed by atoms with E-state index < -0.39 is 11.4 Å². The van der Waals surface area contributed by atoms with E-state index >= 15 is 0 Å². The fourth-order valence-electron chi connectivity index (χ4n) is 1.38. The van der Waals surface area contributed by atoms with Crippen LogP contribution in [0.5, 0.6) is 0 Å². The van der Waals surface area contributed by atoms with Gasteiger partial charge >= 0.3 is 0 Å². The smallest absolute Gasteiger partial charge is 0.136 e. The highest BCUT2D eigenvalue weighted by Gasteiger charge is 2.28. The van der Waals surface area contributed by atoms with Crippen LogP contribution in [0.2, 0.25) is 0 Å². The van der Waals surface area contributed by atoms with E-state index in [1.807, 2.05) is 45.9 Å². The van der Waals surface area contributed by atoms with E-state index in [1.54, 1.807) is 6.07 Å². The number of benzene rings is 1. The second-order valence-electron chi connectivity index (χ2n) is 5.26. The molecule has 0 aliphatic carbocycles. The number of nitrogens with two attached hydrogens (primary N) is 1. The Bertz CT molecular complexity index is 428. The van der Waals surface area contributed by atoms with Gasteiger partial charge in [-0.05, 0) is 39.3 Å². The highest BCUT2D eigenvalue weighted by molar-refractivity contribution is 7.90. The van der Waals surface area contributed by atoms with Gasteiger partial charge < -0.3 is 10.3 Å². The maximum atomic E-state index is 12.0. The summed E-state index contributed by atoms with van der Waals surface area (Å²) in [7, 11) is 0. The zero-order valence-electron chi connectivity index (χ0n) is 11.3. The molecule has 1 aromatic rings. The lowest BCUT2D eigenvalue weighted by Crippen LogP contribution is -2.40. The third-order valence-corrected chi connectivity index (χ3v) is 4.22. The molecule has 1 aromatic carbocycles. The van der Waals surface area contributed by atoms with Gasteiger partial charge in [-0.2, -0.15) is 0 Å². The van der Waals surface area contributed by atoms with E-state index in [1.165, 1.54) is 0 Å². The number of hydrogen-bond donors (Lipinski definition) is 3. The minimum absolute atomic E-state index is 0.0426. The van der Waals surface area contributed by atoms with Crippen molar-refractivity contribution in [3.8, 4) is 0 Å². The zero-order chi connectivity index (χ0) is 13.9. The van der Waals surface area contributed by atoms with Crippen LogP contribution < -0.4 is 10.5 Å². The minimum Gasteiger partial charge on any atom is -0.598 e. The Hall–Kier alpha value is -1.04. The first-order chi connectivity index (χ1) is 8.21. The predicted molar refractivity (Wildman–Crippen MR) is 76.9 cm³/mol. The van der Waals surface area contributed by atoms with Gasteiger partial charge in [0.05, 0.1) is 6.04 Å². The van der Waals surface area contributed by atoms with Crippen LogP contribution in [0.1, 0.15) is 44.9 Å². The van der Waals surface area contributed by atoms with Crippen LogP contribution in [-0.4, -0.2) is 15.1 Å². The fourth-order valence-corrected chi connectivity index (χ4v) is 2.19. The molecule has 0 saturated carbocycles. The lowest BCUT2D eigenvalue weighted by atomic mass is 10.1. The van der Waals surface area contributed by atoms with Crippen molar-refractivity contribution in [1.82, 2.24) is 4.72 Å². The molecule has 0 bridgehead atoms. The number of amidine groups is 1. The maximum absolute atomic E-state index is 12.0. The molecule has 4 nitrogen and oxygen atoms in total. The molecule has 4 N–H and O–H groups in total. The molecule has 0 heterocycles. The molecule has 1 rings (SSSR count). The standard InChI is InChI=1S/C13H21N3OS/c1-9(16-18(17)13(2,3)4)10-6-5-7-11(8-10)12(14)15/h5-9,16H,1-4H3,(H3,14,15)/t9-,18?/m0/s1. The summed E-state index contributed by atoms with van der Waals surface area (Å²) >= 11 is -1.12. The molecular formula is C13H21N3OS. The molecule has 0 radical (unpaired) electrons. The van der Waals surface area contributed by atoms with Gasteiger partial charge in [-0.3, -0.25) is 5.41 Å².